The van der Waals surface area contributed by atoms with Crippen molar-refractivity contribution in [1.82, 2.24) is 10.2 Å². The average Bonchev–Trinajstić information content (AvgIpc) is 3.31. The van der Waals surface area contributed by atoms with Crippen molar-refractivity contribution >= 4 is 12.0 Å². The van der Waals surface area contributed by atoms with Gasteiger partial charge in [-0.3, -0.25) is 4.79 Å². The van der Waals surface area contributed by atoms with E-state index in [4.69, 9.17) is 5.11 Å². The summed E-state index contributed by atoms with van der Waals surface area (Å²) in [4.78, 5) is 24.6. The van der Waals surface area contributed by atoms with Crippen LogP contribution in [0.1, 0.15) is 44.9 Å². The first-order chi connectivity index (χ1) is 9.59. The molecule has 1 atom stereocenters. The number of nitrogens with zero attached hydrogens (tertiary/aromatic N) is 1. The number of hydrogen-bond acceptors (Lipinski definition) is 2. The van der Waals surface area contributed by atoms with Gasteiger partial charge in [-0.1, -0.05) is 0 Å². The van der Waals surface area contributed by atoms with Gasteiger partial charge in [-0.25, -0.2) is 4.79 Å². The number of hydrogen-bond donors (Lipinski definition) is 2. The molecule has 0 aromatic rings. The molecule has 2 aliphatic carbocycles. The van der Waals surface area contributed by atoms with Crippen LogP contribution in [0, 0.1) is 17.3 Å². The van der Waals surface area contributed by atoms with Gasteiger partial charge in [0.15, 0.2) is 0 Å². The molecule has 0 spiro atoms. The van der Waals surface area contributed by atoms with Gasteiger partial charge in [-0.05, 0) is 55.8 Å². The molecule has 0 bridgehead atoms. The van der Waals surface area contributed by atoms with Crippen LogP contribution in [0.4, 0.5) is 4.79 Å². The van der Waals surface area contributed by atoms with Crippen LogP contribution in [-0.4, -0.2) is 41.6 Å². The molecule has 3 rings (SSSR count). The Bertz CT molecular complexity index is 402. The third kappa shape index (κ3) is 3.07. The van der Waals surface area contributed by atoms with E-state index < -0.39 is 5.97 Å². The third-order valence-corrected chi connectivity index (χ3v) is 5.27. The Hall–Kier alpha value is -1.26. The Balaban J connectivity index is 1.39. The molecule has 112 valence electrons. The van der Waals surface area contributed by atoms with Crippen LogP contribution in [0.3, 0.4) is 0 Å². The maximum Gasteiger partial charge on any atom is 0.317 e. The Labute approximate surface area is 119 Å². The average molecular weight is 280 g/mol. The highest BCUT2D eigenvalue weighted by molar-refractivity contribution is 5.74. The highest BCUT2D eigenvalue weighted by Gasteiger charge is 2.53. The normalized spacial score (nSPS) is 27.4. The maximum atomic E-state index is 12.1. The summed E-state index contributed by atoms with van der Waals surface area (Å²) in [6.45, 7) is 2.33. The number of carboxylic acid groups (broad SMARTS) is 1. The molecule has 1 saturated heterocycles. The number of rotatable bonds is 6. The van der Waals surface area contributed by atoms with Gasteiger partial charge >= 0.3 is 12.0 Å². The van der Waals surface area contributed by atoms with Gasteiger partial charge < -0.3 is 15.3 Å². The molecule has 0 aromatic carbocycles. The van der Waals surface area contributed by atoms with Crippen molar-refractivity contribution in [2.24, 2.45) is 17.3 Å². The van der Waals surface area contributed by atoms with Crippen LogP contribution in [0.2, 0.25) is 0 Å². The zero-order valence-electron chi connectivity index (χ0n) is 11.9. The van der Waals surface area contributed by atoms with E-state index in [0.29, 0.717) is 17.8 Å². The summed E-state index contributed by atoms with van der Waals surface area (Å²) in [5, 5.41) is 11.8. The van der Waals surface area contributed by atoms with Crippen molar-refractivity contribution in [2.75, 3.05) is 19.6 Å². The van der Waals surface area contributed by atoms with Crippen molar-refractivity contribution in [3.63, 3.8) is 0 Å². The lowest BCUT2D eigenvalue weighted by Crippen LogP contribution is -2.41. The topological polar surface area (TPSA) is 69.6 Å². The van der Waals surface area contributed by atoms with E-state index in [1.54, 1.807) is 0 Å². The monoisotopic (exact) mass is 280 g/mol. The highest BCUT2D eigenvalue weighted by atomic mass is 16.4. The second kappa shape index (κ2) is 5.26. The van der Waals surface area contributed by atoms with Crippen LogP contribution >= 0.6 is 0 Å². The minimum atomic E-state index is -0.743. The summed E-state index contributed by atoms with van der Waals surface area (Å²) in [5.74, 6) is 0.480. The molecule has 1 aliphatic heterocycles. The van der Waals surface area contributed by atoms with Crippen LogP contribution in [0.15, 0.2) is 0 Å². The largest absolute Gasteiger partial charge is 0.481 e. The van der Waals surface area contributed by atoms with Gasteiger partial charge in [0.25, 0.3) is 0 Å². The standard InChI is InChI=1S/C15H24N2O3/c18-13(19)4-1-11-5-8-17(9-11)14(20)16-10-15(6-7-15)12-2-3-12/h11-12H,1-10H2,(H,16,20)(H,18,19). The van der Waals surface area contributed by atoms with E-state index in [2.05, 4.69) is 5.32 Å². The lowest BCUT2D eigenvalue weighted by atomic mass is 10.0. The smallest absolute Gasteiger partial charge is 0.317 e. The van der Waals surface area contributed by atoms with Crippen LogP contribution in [0.5, 0.6) is 0 Å². The van der Waals surface area contributed by atoms with Gasteiger partial charge in [0.05, 0.1) is 0 Å². The zero-order valence-corrected chi connectivity index (χ0v) is 11.9. The first kappa shape index (κ1) is 13.7. The van der Waals surface area contributed by atoms with E-state index in [9.17, 15) is 9.59 Å². The van der Waals surface area contributed by atoms with E-state index >= 15 is 0 Å². The van der Waals surface area contributed by atoms with Crippen molar-refractivity contribution in [3.8, 4) is 0 Å². The lowest BCUT2D eigenvalue weighted by molar-refractivity contribution is -0.137. The van der Waals surface area contributed by atoms with Crippen molar-refractivity contribution in [1.29, 1.82) is 0 Å². The van der Waals surface area contributed by atoms with Crippen LogP contribution in [-0.2, 0) is 4.79 Å². The van der Waals surface area contributed by atoms with Crippen molar-refractivity contribution < 1.29 is 14.7 Å². The van der Waals surface area contributed by atoms with Crippen LogP contribution in [0.25, 0.3) is 0 Å². The summed E-state index contributed by atoms with van der Waals surface area (Å²) < 4.78 is 0. The maximum absolute atomic E-state index is 12.1. The fourth-order valence-corrected chi connectivity index (χ4v) is 3.53. The molecule has 0 radical (unpaired) electrons. The minimum absolute atomic E-state index is 0.0507. The number of amides is 2. The van der Waals surface area contributed by atoms with E-state index in [0.717, 1.165) is 32.0 Å². The SMILES string of the molecule is O=C(O)CCC1CCN(C(=O)NCC2(C3CC3)CC2)C1. The molecule has 3 aliphatic rings. The van der Waals surface area contributed by atoms with Gasteiger partial charge in [0, 0.05) is 26.1 Å². The molecule has 5 nitrogen and oxygen atoms in total. The number of carbonyl (C=O) groups is 2. The van der Waals surface area contributed by atoms with Crippen molar-refractivity contribution in [2.45, 2.75) is 44.9 Å². The van der Waals surface area contributed by atoms with Gasteiger partial charge in [-0.2, -0.15) is 0 Å². The Morgan fingerprint density at radius 2 is 2.00 bits per heavy atom. The molecular weight excluding hydrogens is 256 g/mol. The summed E-state index contributed by atoms with van der Waals surface area (Å²) in [6.07, 6.45) is 7.08. The summed E-state index contributed by atoms with van der Waals surface area (Å²) in [7, 11) is 0. The number of urea groups is 1. The second-order valence-electron chi connectivity index (χ2n) is 6.83. The zero-order chi connectivity index (χ0) is 14.2. The van der Waals surface area contributed by atoms with E-state index in [-0.39, 0.29) is 12.5 Å². The number of carbonyl (C=O) groups excluding carboxylic acids is 1. The fraction of sp³-hybridized carbons (Fsp3) is 0.867. The molecule has 5 heteroatoms. The molecule has 20 heavy (non-hydrogen) atoms. The van der Waals surface area contributed by atoms with Gasteiger partial charge in [0.2, 0.25) is 0 Å². The fourth-order valence-electron chi connectivity index (χ4n) is 3.53. The molecule has 1 unspecified atom stereocenters. The molecule has 2 saturated carbocycles. The van der Waals surface area contributed by atoms with E-state index in [1.807, 2.05) is 4.90 Å². The quantitative estimate of drug-likeness (QED) is 0.782. The first-order valence-electron chi connectivity index (χ1n) is 7.84. The molecule has 0 aromatic heterocycles. The lowest BCUT2D eigenvalue weighted by Gasteiger charge is -2.20. The minimum Gasteiger partial charge on any atom is -0.481 e. The number of likely N-dealkylation sites (tertiary alicyclic amines) is 1. The number of carboxylic acids is 1. The predicted molar refractivity (Wildman–Crippen MR) is 74.3 cm³/mol. The Morgan fingerprint density at radius 1 is 1.25 bits per heavy atom. The molecular formula is C15H24N2O3. The van der Waals surface area contributed by atoms with Gasteiger partial charge in [-0.15, -0.1) is 0 Å². The molecule has 3 fully saturated rings. The van der Waals surface area contributed by atoms with E-state index in [1.165, 1.54) is 25.7 Å². The summed E-state index contributed by atoms with van der Waals surface area (Å²) in [6, 6.07) is 0.0507. The second-order valence-corrected chi connectivity index (χ2v) is 6.83. The number of nitrogens with one attached hydrogen (secondary N) is 1. The molecule has 2 N–H and O–H groups in total. The first-order valence-corrected chi connectivity index (χ1v) is 7.84. The van der Waals surface area contributed by atoms with Crippen molar-refractivity contribution in [3.05, 3.63) is 0 Å². The third-order valence-electron chi connectivity index (χ3n) is 5.27. The predicted octanol–water partition coefficient (Wildman–Crippen LogP) is 2.07. The number of aliphatic carboxylic acids is 1. The molecule has 2 amide bonds. The Morgan fingerprint density at radius 3 is 2.60 bits per heavy atom. The van der Waals surface area contributed by atoms with Crippen LogP contribution < -0.4 is 5.32 Å². The highest BCUT2D eigenvalue weighted by Crippen LogP contribution is 2.60. The van der Waals surface area contributed by atoms with Gasteiger partial charge in [0.1, 0.15) is 0 Å². The summed E-state index contributed by atoms with van der Waals surface area (Å²) in [5.41, 5.74) is 0.443. The molecule has 1 heterocycles. The Kier molecular flexibility index (Phi) is 3.61. The summed E-state index contributed by atoms with van der Waals surface area (Å²) >= 11 is 0.